The SMILES string of the molecule is COC[C@@]1(CN)[C@H](c2ccc3c(c2)OCO3)[C@@H]1S(=O)(=O)c1ccccc1. The molecule has 4 rings (SSSR count). The second-order valence-electron chi connectivity index (χ2n) is 6.74. The lowest BCUT2D eigenvalue weighted by molar-refractivity contribution is 0.142. The molecule has 0 radical (unpaired) electrons. The Kier molecular flexibility index (Phi) is 4.17. The molecular weight excluding hydrogens is 354 g/mol. The topological polar surface area (TPSA) is 87.8 Å². The Morgan fingerprint density at radius 1 is 1.15 bits per heavy atom. The largest absolute Gasteiger partial charge is 0.454 e. The Balaban J connectivity index is 1.77. The van der Waals surface area contributed by atoms with Crippen molar-refractivity contribution in [2.75, 3.05) is 27.1 Å². The summed E-state index contributed by atoms with van der Waals surface area (Å²) in [6, 6.07) is 14.1. The number of methoxy groups -OCH3 is 1. The monoisotopic (exact) mass is 375 g/mol. The Bertz CT molecular complexity index is 915. The average molecular weight is 375 g/mol. The molecule has 1 saturated carbocycles. The van der Waals surface area contributed by atoms with E-state index in [1.165, 1.54) is 0 Å². The molecule has 1 heterocycles. The van der Waals surface area contributed by atoms with Gasteiger partial charge in [-0.15, -0.1) is 0 Å². The van der Waals surface area contributed by atoms with E-state index in [-0.39, 0.29) is 25.9 Å². The van der Waals surface area contributed by atoms with Crippen LogP contribution in [0.5, 0.6) is 11.5 Å². The van der Waals surface area contributed by atoms with Crippen LogP contribution < -0.4 is 15.2 Å². The van der Waals surface area contributed by atoms with Gasteiger partial charge in [-0.3, -0.25) is 0 Å². The van der Waals surface area contributed by atoms with E-state index >= 15 is 0 Å². The zero-order valence-electron chi connectivity index (χ0n) is 14.4. The smallest absolute Gasteiger partial charge is 0.231 e. The summed E-state index contributed by atoms with van der Waals surface area (Å²) in [6.45, 7) is 0.672. The van der Waals surface area contributed by atoms with Gasteiger partial charge in [-0.1, -0.05) is 24.3 Å². The van der Waals surface area contributed by atoms with Crippen molar-refractivity contribution in [3.05, 3.63) is 54.1 Å². The molecule has 2 aromatic carbocycles. The molecule has 2 aliphatic rings. The van der Waals surface area contributed by atoms with E-state index in [0.717, 1.165) is 5.56 Å². The minimum Gasteiger partial charge on any atom is -0.454 e. The predicted octanol–water partition coefficient (Wildman–Crippen LogP) is 1.95. The van der Waals surface area contributed by atoms with Crippen molar-refractivity contribution in [1.29, 1.82) is 0 Å². The van der Waals surface area contributed by atoms with Crippen molar-refractivity contribution in [3.63, 3.8) is 0 Å². The molecule has 0 spiro atoms. The molecule has 0 amide bonds. The van der Waals surface area contributed by atoms with Crippen molar-refractivity contribution in [1.82, 2.24) is 0 Å². The van der Waals surface area contributed by atoms with Gasteiger partial charge in [-0.05, 0) is 29.8 Å². The van der Waals surface area contributed by atoms with Gasteiger partial charge >= 0.3 is 0 Å². The summed E-state index contributed by atoms with van der Waals surface area (Å²) >= 11 is 0. The lowest BCUT2D eigenvalue weighted by Crippen LogP contribution is -2.28. The molecule has 0 unspecified atom stereocenters. The van der Waals surface area contributed by atoms with E-state index in [4.69, 9.17) is 19.9 Å². The van der Waals surface area contributed by atoms with Crippen LogP contribution in [0, 0.1) is 5.41 Å². The molecule has 1 aliphatic carbocycles. The van der Waals surface area contributed by atoms with Crippen LogP contribution in [-0.2, 0) is 14.6 Å². The second-order valence-corrected chi connectivity index (χ2v) is 8.81. The van der Waals surface area contributed by atoms with Crippen LogP contribution >= 0.6 is 0 Å². The van der Waals surface area contributed by atoms with Crippen LogP contribution in [0.15, 0.2) is 53.4 Å². The van der Waals surface area contributed by atoms with Gasteiger partial charge in [-0.2, -0.15) is 0 Å². The van der Waals surface area contributed by atoms with Crippen molar-refractivity contribution in [2.24, 2.45) is 11.1 Å². The summed E-state index contributed by atoms with van der Waals surface area (Å²) in [6.07, 6.45) is 0. The van der Waals surface area contributed by atoms with Crippen LogP contribution in [0.25, 0.3) is 0 Å². The first-order chi connectivity index (χ1) is 12.5. The highest BCUT2D eigenvalue weighted by molar-refractivity contribution is 7.92. The highest BCUT2D eigenvalue weighted by Crippen LogP contribution is 2.64. The van der Waals surface area contributed by atoms with E-state index < -0.39 is 20.5 Å². The summed E-state index contributed by atoms with van der Waals surface area (Å²) in [4.78, 5) is 0.308. The molecule has 7 heteroatoms. The summed E-state index contributed by atoms with van der Waals surface area (Å²) in [5.41, 5.74) is 6.28. The molecule has 6 nitrogen and oxygen atoms in total. The fourth-order valence-electron chi connectivity index (χ4n) is 4.05. The van der Waals surface area contributed by atoms with Crippen molar-refractivity contribution in [3.8, 4) is 11.5 Å². The molecule has 3 atom stereocenters. The fourth-order valence-corrected chi connectivity index (χ4v) is 6.52. The van der Waals surface area contributed by atoms with Gasteiger partial charge in [-0.25, -0.2) is 8.42 Å². The highest BCUT2D eigenvalue weighted by Gasteiger charge is 2.70. The zero-order chi connectivity index (χ0) is 18.4. The first-order valence-electron chi connectivity index (χ1n) is 8.42. The Morgan fingerprint density at radius 2 is 1.88 bits per heavy atom. The van der Waals surface area contributed by atoms with Gasteiger partial charge in [0.2, 0.25) is 6.79 Å². The van der Waals surface area contributed by atoms with Gasteiger partial charge in [0.1, 0.15) is 0 Å². The Morgan fingerprint density at radius 3 is 2.58 bits per heavy atom. The second kappa shape index (κ2) is 6.26. The third kappa shape index (κ3) is 2.50. The summed E-state index contributed by atoms with van der Waals surface area (Å²) in [5, 5.41) is -0.636. The lowest BCUT2D eigenvalue weighted by atomic mass is 9.99. The number of ether oxygens (including phenoxy) is 3. The quantitative estimate of drug-likeness (QED) is 0.830. The minimum absolute atomic E-state index is 0.176. The van der Waals surface area contributed by atoms with Crippen molar-refractivity contribution >= 4 is 9.84 Å². The van der Waals surface area contributed by atoms with Crippen molar-refractivity contribution < 1.29 is 22.6 Å². The molecule has 2 aromatic rings. The standard InChI is InChI=1S/C19H21NO5S/c1-23-11-19(10-20)17(13-7-8-15-16(9-13)25-12-24-15)18(19)26(21,22)14-5-3-2-4-6-14/h2-9,17-18H,10-12,20H2,1H3/t17-,18+,19+/m1/s1. The fraction of sp³-hybridized carbons (Fsp3) is 0.368. The zero-order valence-corrected chi connectivity index (χ0v) is 15.2. The number of sulfone groups is 1. The number of fused-ring (bicyclic) bond motifs is 1. The minimum atomic E-state index is -3.55. The normalized spacial score (nSPS) is 26.7. The first kappa shape index (κ1) is 17.3. The van der Waals surface area contributed by atoms with E-state index in [2.05, 4.69) is 0 Å². The van der Waals surface area contributed by atoms with Gasteiger partial charge < -0.3 is 19.9 Å². The first-order valence-corrected chi connectivity index (χ1v) is 9.97. The van der Waals surface area contributed by atoms with Crippen molar-refractivity contribution in [2.45, 2.75) is 16.1 Å². The Labute approximate surface area is 152 Å². The molecule has 0 aromatic heterocycles. The van der Waals surface area contributed by atoms with Crippen LogP contribution in [0.2, 0.25) is 0 Å². The lowest BCUT2D eigenvalue weighted by Gasteiger charge is -2.15. The maximum atomic E-state index is 13.3. The maximum absolute atomic E-state index is 13.3. The molecule has 26 heavy (non-hydrogen) atoms. The number of benzene rings is 2. The van der Waals surface area contributed by atoms with Crippen LogP contribution in [0.3, 0.4) is 0 Å². The molecule has 1 fully saturated rings. The predicted molar refractivity (Wildman–Crippen MR) is 96.1 cm³/mol. The highest BCUT2D eigenvalue weighted by atomic mass is 32.2. The van der Waals surface area contributed by atoms with Crippen LogP contribution in [0.1, 0.15) is 11.5 Å². The molecule has 0 saturated heterocycles. The van der Waals surface area contributed by atoms with Crippen LogP contribution in [-0.4, -0.2) is 40.7 Å². The van der Waals surface area contributed by atoms with Crippen LogP contribution in [0.4, 0.5) is 0 Å². The van der Waals surface area contributed by atoms with E-state index in [1.54, 1.807) is 37.4 Å². The molecular formula is C19H21NO5S. The molecule has 1 aliphatic heterocycles. The third-order valence-corrected chi connectivity index (χ3v) is 7.67. The number of rotatable bonds is 6. The van der Waals surface area contributed by atoms with Gasteiger partial charge in [0.05, 0.1) is 16.8 Å². The van der Waals surface area contributed by atoms with Gasteiger partial charge in [0, 0.05) is 25.0 Å². The van der Waals surface area contributed by atoms with E-state index in [1.807, 2.05) is 18.2 Å². The number of hydrogen-bond acceptors (Lipinski definition) is 6. The van der Waals surface area contributed by atoms with Gasteiger partial charge in [0.25, 0.3) is 0 Å². The maximum Gasteiger partial charge on any atom is 0.231 e. The summed E-state index contributed by atoms with van der Waals surface area (Å²) in [7, 11) is -1.98. The molecule has 2 N–H and O–H groups in total. The summed E-state index contributed by atoms with van der Waals surface area (Å²) in [5.74, 6) is 1.04. The van der Waals surface area contributed by atoms with Gasteiger partial charge in [0.15, 0.2) is 21.3 Å². The average Bonchev–Trinajstić information content (AvgIpc) is 3.10. The molecule has 0 bridgehead atoms. The number of nitrogens with two attached hydrogens (primary N) is 1. The number of hydrogen-bond donors (Lipinski definition) is 1. The molecule has 138 valence electrons. The summed E-state index contributed by atoms with van der Waals surface area (Å²) < 4.78 is 42.8. The van der Waals surface area contributed by atoms with E-state index in [0.29, 0.717) is 16.4 Å². The third-order valence-electron chi connectivity index (χ3n) is 5.33. The van der Waals surface area contributed by atoms with E-state index in [9.17, 15) is 8.42 Å². The Hall–Kier alpha value is -2.09.